The largest absolute Gasteiger partial charge is 0.465 e. The Balaban J connectivity index is 2.51. The van der Waals surface area contributed by atoms with Crippen molar-refractivity contribution in [2.45, 2.75) is 13.5 Å². The zero-order valence-corrected chi connectivity index (χ0v) is 10.3. The predicted molar refractivity (Wildman–Crippen MR) is 67.4 cm³/mol. The fourth-order valence-electron chi connectivity index (χ4n) is 1.63. The summed E-state index contributed by atoms with van der Waals surface area (Å²) in [6, 6.07) is 10.0. The highest BCUT2D eigenvalue weighted by Gasteiger charge is 2.10. The van der Waals surface area contributed by atoms with E-state index < -0.39 is 0 Å². The molecule has 1 rings (SSSR count). The number of nitrogens with two attached hydrogens (primary N) is 1. The van der Waals surface area contributed by atoms with Crippen LogP contribution in [0.2, 0.25) is 0 Å². The molecule has 17 heavy (non-hydrogen) atoms. The molecular weight excluding hydrogens is 216 g/mol. The van der Waals surface area contributed by atoms with Crippen molar-refractivity contribution >= 4 is 5.97 Å². The van der Waals surface area contributed by atoms with E-state index in [9.17, 15) is 4.79 Å². The van der Waals surface area contributed by atoms with Crippen molar-refractivity contribution in [1.82, 2.24) is 4.90 Å². The Morgan fingerprint density at radius 1 is 1.35 bits per heavy atom. The van der Waals surface area contributed by atoms with Crippen LogP contribution in [0.3, 0.4) is 0 Å². The topological polar surface area (TPSA) is 55.6 Å². The van der Waals surface area contributed by atoms with Gasteiger partial charge >= 0.3 is 5.97 Å². The molecule has 0 aliphatic heterocycles. The van der Waals surface area contributed by atoms with Gasteiger partial charge in [0, 0.05) is 19.6 Å². The second-order valence-corrected chi connectivity index (χ2v) is 3.79. The van der Waals surface area contributed by atoms with E-state index in [4.69, 9.17) is 10.5 Å². The van der Waals surface area contributed by atoms with Crippen molar-refractivity contribution in [3.8, 4) is 0 Å². The summed E-state index contributed by atoms with van der Waals surface area (Å²) in [5, 5.41) is 0. The second kappa shape index (κ2) is 7.81. The van der Waals surface area contributed by atoms with E-state index in [1.165, 1.54) is 5.56 Å². The van der Waals surface area contributed by atoms with Crippen LogP contribution in [0.4, 0.5) is 0 Å². The third kappa shape index (κ3) is 5.47. The van der Waals surface area contributed by atoms with Crippen molar-refractivity contribution in [1.29, 1.82) is 0 Å². The molecule has 0 heterocycles. The molecule has 0 saturated carbocycles. The average Bonchev–Trinajstić information content (AvgIpc) is 2.31. The van der Waals surface area contributed by atoms with E-state index in [2.05, 4.69) is 0 Å². The Morgan fingerprint density at radius 3 is 2.65 bits per heavy atom. The summed E-state index contributed by atoms with van der Waals surface area (Å²) < 4.78 is 4.93. The van der Waals surface area contributed by atoms with Gasteiger partial charge in [-0.15, -0.1) is 0 Å². The van der Waals surface area contributed by atoms with Crippen molar-refractivity contribution in [2.24, 2.45) is 5.73 Å². The maximum absolute atomic E-state index is 11.4. The smallest absolute Gasteiger partial charge is 0.320 e. The lowest BCUT2D eigenvalue weighted by Crippen LogP contribution is -2.34. The summed E-state index contributed by atoms with van der Waals surface area (Å²) in [6.07, 6.45) is 0. The Morgan fingerprint density at radius 2 is 2.06 bits per heavy atom. The number of hydrogen-bond acceptors (Lipinski definition) is 4. The number of carbonyl (C=O) groups excluding carboxylic acids is 1. The van der Waals surface area contributed by atoms with Crippen molar-refractivity contribution in [3.63, 3.8) is 0 Å². The predicted octanol–water partition coefficient (Wildman–Crippen LogP) is 1.01. The first-order valence-corrected chi connectivity index (χ1v) is 5.88. The van der Waals surface area contributed by atoms with Gasteiger partial charge in [-0.3, -0.25) is 9.69 Å². The van der Waals surface area contributed by atoms with Crippen LogP contribution in [-0.4, -0.2) is 37.1 Å². The van der Waals surface area contributed by atoms with E-state index in [1.54, 1.807) is 0 Å². The number of nitrogens with zero attached hydrogens (tertiary/aromatic N) is 1. The fourth-order valence-corrected chi connectivity index (χ4v) is 1.63. The van der Waals surface area contributed by atoms with E-state index in [0.29, 0.717) is 26.2 Å². The highest BCUT2D eigenvalue weighted by Crippen LogP contribution is 2.04. The quantitative estimate of drug-likeness (QED) is 0.718. The molecule has 0 radical (unpaired) electrons. The monoisotopic (exact) mass is 236 g/mol. The lowest BCUT2D eigenvalue weighted by Gasteiger charge is -2.20. The summed E-state index contributed by atoms with van der Waals surface area (Å²) in [7, 11) is 0. The van der Waals surface area contributed by atoms with E-state index in [1.807, 2.05) is 42.2 Å². The Kier molecular flexibility index (Phi) is 6.29. The zero-order chi connectivity index (χ0) is 12.5. The first kappa shape index (κ1) is 13.7. The van der Waals surface area contributed by atoms with Gasteiger partial charge in [0.15, 0.2) is 0 Å². The Bertz CT molecular complexity index is 327. The van der Waals surface area contributed by atoms with Crippen LogP contribution in [0.15, 0.2) is 30.3 Å². The van der Waals surface area contributed by atoms with E-state index >= 15 is 0 Å². The highest BCUT2D eigenvalue weighted by atomic mass is 16.5. The van der Waals surface area contributed by atoms with Crippen LogP contribution in [-0.2, 0) is 16.1 Å². The molecule has 0 fully saturated rings. The number of rotatable bonds is 7. The molecule has 0 atom stereocenters. The lowest BCUT2D eigenvalue weighted by atomic mass is 10.2. The summed E-state index contributed by atoms with van der Waals surface area (Å²) in [6.45, 7) is 4.46. The molecule has 1 aromatic carbocycles. The zero-order valence-electron chi connectivity index (χ0n) is 10.3. The number of esters is 1. The highest BCUT2D eigenvalue weighted by molar-refractivity contribution is 5.71. The van der Waals surface area contributed by atoms with Crippen LogP contribution in [0.1, 0.15) is 12.5 Å². The summed E-state index contributed by atoms with van der Waals surface area (Å²) in [5.41, 5.74) is 6.71. The molecule has 1 aromatic rings. The number of hydrogen-bond donors (Lipinski definition) is 1. The second-order valence-electron chi connectivity index (χ2n) is 3.79. The van der Waals surface area contributed by atoms with E-state index in [-0.39, 0.29) is 5.97 Å². The van der Waals surface area contributed by atoms with E-state index in [0.717, 1.165) is 6.54 Å². The van der Waals surface area contributed by atoms with Crippen LogP contribution in [0.5, 0.6) is 0 Å². The van der Waals surface area contributed by atoms with Gasteiger partial charge in [-0.2, -0.15) is 0 Å². The van der Waals surface area contributed by atoms with Gasteiger partial charge in [-0.05, 0) is 12.5 Å². The van der Waals surface area contributed by atoms with Gasteiger partial charge in [-0.1, -0.05) is 30.3 Å². The molecule has 4 nitrogen and oxygen atoms in total. The third-order valence-corrected chi connectivity index (χ3v) is 2.35. The minimum Gasteiger partial charge on any atom is -0.465 e. The van der Waals surface area contributed by atoms with Crippen molar-refractivity contribution in [3.05, 3.63) is 35.9 Å². The van der Waals surface area contributed by atoms with Crippen LogP contribution in [0.25, 0.3) is 0 Å². The van der Waals surface area contributed by atoms with Crippen molar-refractivity contribution < 1.29 is 9.53 Å². The molecule has 0 amide bonds. The summed E-state index contributed by atoms with van der Waals surface area (Å²) in [4.78, 5) is 13.4. The molecule has 4 heteroatoms. The fraction of sp³-hybridized carbons (Fsp3) is 0.462. The number of benzene rings is 1. The molecule has 0 aliphatic carbocycles. The molecule has 0 saturated heterocycles. The van der Waals surface area contributed by atoms with Gasteiger partial charge in [0.25, 0.3) is 0 Å². The number of ether oxygens (including phenoxy) is 1. The van der Waals surface area contributed by atoms with Gasteiger partial charge in [0.1, 0.15) is 0 Å². The Hall–Kier alpha value is -1.39. The standard InChI is InChI=1S/C13H20N2O2/c1-2-17-13(16)11-15(9-8-14)10-12-6-4-3-5-7-12/h3-7H,2,8-11,14H2,1H3. The first-order chi connectivity index (χ1) is 8.26. The Labute approximate surface area is 102 Å². The molecule has 0 bridgehead atoms. The normalized spacial score (nSPS) is 10.5. The molecule has 94 valence electrons. The summed E-state index contributed by atoms with van der Waals surface area (Å²) >= 11 is 0. The maximum atomic E-state index is 11.4. The van der Waals surface area contributed by atoms with Gasteiger partial charge in [0.05, 0.1) is 13.2 Å². The third-order valence-electron chi connectivity index (χ3n) is 2.35. The minimum absolute atomic E-state index is 0.197. The van der Waals surface area contributed by atoms with Crippen LogP contribution < -0.4 is 5.73 Å². The van der Waals surface area contributed by atoms with Crippen LogP contribution >= 0.6 is 0 Å². The van der Waals surface area contributed by atoms with Gasteiger partial charge < -0.3 is 10.5 Å². The molecule has 0 aliphatic rings. The summed E-state index contributed by atoms with van der Waals surface area (Å²) in [5.74, 6) is -0.197. The average molecular weight is 236 g/mol. The molecule has 0 unspecified atom stereocenters. The van der Waals surface area contributed by atoms with Crippen LogP contribution in [0, 0.1) is 0 Å². The minimum atomic E-state index is -0.197. The molecular formula is C13H20N2O2. The van der Waals surface area contributed by atoms with Gasteiger partial charge in [-0.25, -0.2) is 0 Å². The SMILES string of the molecule is CCOC(=O)CN(CCN)Cc1ccccc1. The molecule has 2 N–H and O–H groups in total. The molecule has 0 aromatic heterocycles. The van der Waals surface area contributed by atoms with Gasteiger partial charge in [0.2, 0.25) is 0 Å². The first-order valence-electron chi connectivity index (χ1n) is 5.88. The van der Waals surface area contributed by atoms with Crippen molar-refractivity contribution in [2.75, 3.05) is 26.2 Å². The molecule has 0 spiro atoms. The number of carbonyl (C=O) groups is 1. The maximum Gasteiger partial charge on any atom is 0.320 e. The lowest BCUT2D eigenvalue weighted by molar-refractivity contribution is -0.144.